The van der Waals surface area contributed by atoms with Crippen molar-refractivity contribution in [3.8, 4) is 11.6 Å². The lowest BCUT2D eigenvalue weighted by atomic mass is 10.4. The van der Waals surface area contributed by atoms with Crippen LogP contribution in [0.5, 0.6) is 0 Å². The zero-order valence-electron chi connectivity index (χ0n) is 13.6. The Morgan fingerprint density at radius 1 is 1.23 bits per heavy atom. The standard InChI is InChI=1S/C15H14FN5O4S/c1-21-12(6-8-17-21)14-19-20-15(25-14)18-13(22)7-9-26(23,24)11-4-2-10(16)3-5-11/h2-6,8H,7,9H2,1H3,(H,18,20,22). The number of nitrogens with zero attached hydrogens (tertiary/aromatic N) is 4. The van der Waals surface area contributed by atoms with E-state index in [9.17, 15) is 17.6 Å². The predicted molar refractivity (Wildman–Crippen MR) is 88.2 cm³/mol. The van der Waals surface area contributed by atoms with Crippen molar-refractivity contribution in [1.29, 1.82) is 0 Å². The second kappa shape index (κ2) is 7.04. The molecule has 136 valence electrons. The maximum absolute atomic E-state index is 12.9. The van der Waals surface area contributed by atoms with Gasteiger partial charge in [-0.3, -0.25) is 14.8 Å². The van der Waals surface area contributed by atoms with E-state index in [1.54, 1.807) is 19.3 Å². The van der Waals surface area contributed by atoms with Crippen molar-refractivity contribution in [1.82, 2.24) is 20.0 Å². The molecule has 0 aliphatic rings. The van der Waals surface area contributed by atoms with Crippen LogP contribution in [0.25, 0.3) is 11.6 Å². The van der Waals surface area contributed by atoms with Gasteiger partial charge in [0.15, 0.2) is 9.84 Å². The minimum Gasteiger partial charge on any atom is -0.401 e. The van der Waals surface area contributed by atoms with E-state index in [2.05, 4.69) is 20.6 Å². The Hall–Kier alpha value is -3.08. The third-order valence-electron chi connectivity index (χ3n) is 3.48. The summed E-state index contributed by atoms with van der Waals surface area (Å²) >= 11 is 0. The van der Waals surface area contributed by atoms with Gasteiger partial charge >= 0.3 is 6.01 Å². The van der Waals surface area contributed by atoms with E-state index in [0.717, 1.165) is 24.3 Å². The summed E-state index contributed by atoms with van der Waals surface area (Å²) in [6.07, 6.45) is 1.24. The quantitative estimate of drug-likeness (QED) is 0.643. The normalized spacial score (nSPS) is 11.5. The molecule has 26 heavy (non-hydrogen) atoms. The average molecular weight is 379 g/mol. The van der Waals surface area contributed by atoms with Crippen LogP contribution in [0, 0.1) is 5.82 Å². The van der Waals surface area contributed by atoms with Crippen molar-refractivity contribution in [2.24, 2.45) is 7.05 Å². The molecule has 0 saturated carbocycles. The number of carbonyl (C=O) groups is 1. The van der Waals surface area contributed by atoms with E-state index in [1.165, 1.54) is 4.68 Å². The fourth-order valence-corrected chi connectivity index (χ4v) is 3.37. The Kier molecular flexibility index (Phi) is 4.80. The van der Waals surface area contributed by atoms with Crippen LogP contribution in [0.15, 0.2) is 45.8 Å². The summed E-state index contributed by atoms with van der Waals surface area (Å²) in [4.78, 5) is 11.9. The number of anilines is 1. The summed E-state index contributed by atoms with van der Waals surface area (Å²) in [5.74, 6) is -1.41. The van der Waals surface area contributed by atoms with Crippen LogP contribution in [0.1, 0.15) is 6.42 Å². The summed E-state index contributed by atoms with van der Waals surface area (Å²) in [5, 5.41) is 13.8. The third kappa shape index (κ3) is 3.94. The lowest BCUT2D eigenvalue weighted by molar-refractivity contribution is -0.115. The van der Waals surface area contributed by atoms with Crippen LogP contribution in [-0.2, 0) is 21.7 Å². The third-order valence-corrected chi connectivity index (χ3v) is 5.21. The van der Waals surface area contributed by atoms with Gasteiger partial charge < -0.3 is 4.42 Å². The summed E-state index contributed by atoms with van der Waals surface area (Å²) in [7, 11) is -2.01. The maximum atomic E-state index is 12.9. The number of hydrogen-bond donors (Lipinski definition) is 1. The monoisotopic (exact) mass is 379 g/mol. The average Bonchev–Trinajstić information content (AvgIpc) is 3.22. The van der Waals surface area contributed by atoms with Crippen molar-refractivity contribution < 1.29 is 22.0 Å². The summed E-state index contributed by atoms with van der Waals surface area (Å²) in [6, 6.07) is 5.91. The molecule has 0 atom stereocenters. The number of halogens is 1. The smallest absolute Gasteiger partial charge is 0.322 e. The fraction of sp³-hybridized carbons (Fsp3) is 0.200. The molecule has 11 heteroatoms. The molecular weight excluding hydrogens is 365 g/mol. The minimum absolute atomic E-state index is 0.0528. The highest BCUT2D eigenvalue weighted by Gasteiger charge is 2.18. The highest BCUT2D eigenvalue weighted by molar-refractivity contribution is 7.91. The molecule has 3 aromatic rings. The van der Waals surface area contributed by atoms with Crippen molar-refractivity contribution in [3.63, 3.8) is 0 Å². The first kappa shape index (κ1) is 17.7. The fourth-order valence-electron chi connectivity index (χ4n) is 2.13. The van der Waals surface area contributed by atoms with Crippen LogP contribution in [-0.4, -0.2) is 40.1 Å². The molecule has 0 radical (unpaired) electrons. The van der Waals surface area contributed by atoms with Gasteiger partial charge in [0.25, 0.3) is 5.89 Å². The van der Waals surface area contributed by atoms with Gasteiger partial charge in [0, 0.05) is 19.7 Å². The topological polar surface area (TPSA) is 120 Å². The maximum Gasteiger partial charge on any atom is 0.322 e. The summed E-state index contributed by atoms with van der Waals surface area (Å²) in [5.41, 5.74) is 0.567. The summed E-state index contributed by atoms with van der Waals surface area (Å²) in [6.45, 7) is 0. The Labute approximate surface area is 147 Å². The molecule has 0 spiro atoms. The molecule has 9 nitrogen and oxygen atoms in total. The molecule has 1 N–H and O–H groups in total. The molecule has 0 unspecified atom stereocenters. The Morgan fingerprint density at radius 2 is 1.96 bits per heavy atom. The minimum atomic E-state index is -3.71. The molecule has 0 aliphatic carbocycles. The molecule has 0 aliphatic heterocycles. The first-order valence-electron chi connectivity index (χ1n) is 7.45. The second-order valence-corrected chi connectivity index (χ2v) is 7.43. The van der Waals surface area contributed by atoms with Crippen LogP contribution < -0.4 is 5.32 Å². The van der Waals surface area contributed by atoms with Gasteiger partial charge in [-0.15, -0.1) is 5.10 Å². The predicted octanol–water partition coefficient (Wildman–Crippen LogP) is 1.41. The van der Waals surface area contributed by atoms with Crippen LogP contribution in [0.3, 0.4) is 0 Å². The van der Waals surface area contributed by atoms with Crippen molar-refractivity contribution in [2.75, 3.05) is 11.1 Å². The van der Waals surface area contributed by atoms with E-state index < -0.39 is 27.3 Å². The highest BCUT2D eigenvalue weighted by atomic mass is 32.2. The Morgan fingerprint density at radius 3 is 2.62 bits per heavy atom. The van der Waals surface area contributed by atoms with E-state index in [0.29, 0.717) is 5.69 Å². The van der Waals surface area contributed by atoms with Gasteiger partial charge in [0.05, 0.1) is 10.6 Å². The molecule has 3 rings (SSSR count). The Balaban J connectivity index is 1.60. The van der Waals surface area contributed by atoms with Gasteiger partial charge in [0.1, 0.15) is 11.5 Å². The molecule has 0 bridgehead atoms. The number of rotatable bonds is 6. The van der Waals surface area contributed by atoms with Gasteiger partial charge in [0.2, 0.25) is 5.91 Å². The molecule has 1 aromatic carbocycles. The summed E-state index contributed by atoms with van der Waals surface area (Å²) < 4.78 is 44.0. The number of aryl methyl sites for hydroxylation is 1. The number of aromatic nitrogens is 4. The molecule has 0 fully saturated rings. The number of benzene rings is 1. The lowest BCUT2D eigenvalue weighted by Crippen LogP contribution is -2.17. The highest BCUT2D eigenvalue weighted by Crippen LogP contribution is 2.19. The lowest BCUT2D eigenvalue weighted by Gasteiger charge is -2.04. The number of amides is 1. The SMILES string of the molecule is Cn1nccc1-c1nnc(NC(=O)CCS(=O)(=O)c2ccc(F)cc2)o1. The molecule has 1 amide bonds. The number of carbonyl (C=O) groups excluding carboxylic acids is 1. The van der Waals surface area contributed by atoms with Gasteiger partial charge in [-0.25, -0.2) is 12.8 Å². The number of hydrogen-bond acceptors (Lipinski definition) is 7. The van der Waals surface area contributed by atoms with Gasteiger partial charge in [-0.1, -0.05) is 5.10 Å². The largest absolute Gasteiger partial charge is 0.401 e. The molecule has 2 aromatic heterocycles. The molecule has 0 saturated heterocycles. The van der Waals surface area contributed by atoms with E-state index in [-0.39, 0.29) is 23.2 Å². The molecule has 2 heterocycles. The first-order valence-corrected chi connectivity index (χ1v) is 9.10. The van der Waals surface area contributed by atoms with Crippen molar-refractivity contribution >= 4 is 21.8 Å². The van der Waals surface area contributed by atoms with E-state index in [1.807, 2.05) is 0 Å². The van der Waals surface area contributed by atoms with Crippen LogP contribution in [0.2, 0.25) is 0 Å². The zero-order valence-corrected chi connectivity index (χ0v) is 14.4. The second-order valence-electron chi connectivity index (χ2n) is 5.32. The van der Waals surface area contributed by atoms with Crippen molar-refractivity contribution in [3.05, 3.63) is 42.3 Å². The van der Waals surface area contributed by atoms with Crippen molar-refractivity contribution in [2.45, 2.75) is 11.3 Å². The Bertz CT molecular complexity index is 1030. The zero-order chi connectivity index (χ0) is 18.7. The first-order chi connectivity index (χ1) is 12.3. The van der Waals surface area contributed by atoms with Gasteiger partial charge in [-0.2, -0.15) is 5.10 Å². The van der Waals surface area contributed by atoms with Crippen LogP contribution in [0.4, 0.5) is 10.4 Å². The number of nitrogens with one attached hydrogen (secondary N) is 1. The molecular formula is C15H14FN5O4S. The van der Waals surface area contributed by atoms with Crippen LogP contribution >= 0.6 is 0 Å². The van der Waals surface area contributed by atoms with E-state index >= 15 is 0 Å². The number of sulfone groups is 1. The van der Waals surface area contributed by atoms with E-state index in [4.69, 9.17) is 4.42 Å². The van der Waals surface area contributed by atoms with Gasteiger partial charge in [-0.05, 0) is 30.3 Å².